The van der Waals surface area contributed by atoms with E-state index in [0.717, 1.165) is 0 Å². The molecule has 0 aromatic carbocycles. The number of hydrogen-bond acceptors (Lipinski definition) is 3. The van der Waals surface area contributed by atoms with Crippen molar-refractivity contribution in [3.8, 4) is 0 Å². The van der Waals surface area contributed by atoms with Crippen LogP contribution in [0.25, 0.3) is 0 Å². The van der Waals surface area contributed by atoms with Gasteiger partial charge in [0.1, 0.15) is 0 Å². The lowest BCUT2D eigenvalue weighted by Crippen LogP contribution is -2.47. The van der Waals surface area contributed by atoms with Gasteiger partial charge in [0.15, 0.2) is 8.32 Å². The number of hydrogen-bond donors (Lipinski definition) is 2. The third-order valence-corrected chi connectivity index (χ3v) is 8.64. The zero-order valence-electron chi connectivity index (χ0n) is 13.8. The third-order valence-electron chi connectivity index (χ3n) is 4.17. The predicted octanol–water partition coefficient (Wildman–Crippen LogP) is 3.33. The molecule has 0 saturated heterocycles. The predicted molar refractivity (Wildman–Crippen MR) is 83.7 cm³/mol. The first-order valence-electron chi connectivity index (χ1n) is 7.10. The van der Waals surface area contributed by atoms with Crippen LogP contribution in [0.3, 0.4) is 0 Å². The van der Waals surface area contributed by atoms with E-state index in [2.05, 4.69) is 33.9 Å². The molecule has 4 atom stereocenters. The summed E-state index contributed by atoms with van der Waals surface area (Å²) in [4.78, 5) is 0. The molecule has 0 aliphatic carbocycles. The van der Waals surface area contributed by atoms with E-state index in [4.69, 9.17) is 4.43 Å². The molecule has 0 spiro atoms. The molecule has 0 bridgehead atoms. The van der Waals surface area contributed by atoms with E-state index < -0.39 is 20.5 Å². The summed E-state index contributed by atoms with van der Waals surface area (Å²) in [7, 11) is -1.89. The lowest BCUT2D eigenvalue weighted by atomic mass is 9.94. The number of allylic oxidation sites excluding steroid dienone is 1. The number of aliphatic hydroxyl groups is 2. The van der Waals surface area contributed by atoms with Gasteiger partial charge >= 0.3 is 0 Å². The molecular formula is C15H32O3Si. The summed E-state index contributed by atoms with van der Waals surface area (Å²) in [5.41, 5.74) is 0. The van der Waals surface area contributed by atoms with Crippen LogP contribution in [-0.2, 0) is 4.43 Å². The van der Waals surface area contributed by atoms with E-state index in [1.54, 1.807) is 6.92 Å². The Morgan fingerprint density at radius 1 is 1.11 bits per heavy atom. The first-order chi connectivity index (χ1) is 8.44. The molecule has 0 heterocycles. The SMILES string of the molecule is C/C=C/[C@@H](O[Si](C)(C)C(C)(C)C)[C@@H](C)[C@@H](O)[C@H](C)O. The molecule has 0 aromatic rings. The van der Waals surface area contributed by atoms with Gasteiger partial charge in [-0.2, -0.15) is 0 Å². The second-order valence-corrected chi connectivity index (χ2v) is 11.7. The molecule has 114 valence electrons. The summed E-state index contributed by atoms with van der Waals surface area (Å²) in [6.07, 6.45) is 2.26. The van der Waals surface area contributed by atoms with Crippen molar-refractivity contribution in [1.29, 1.82) is 0 Å². The Morgan fingerprint density at radius 3 is 1.89 bits per heavy atom. The van der Waals surface area contributed by atoms with Crippen molar-refractivity contribution in [2.75, 3.05) is 0 Å². The molecule has 19 heavy (non-hydrogen) atoms. The van der Waals surface area contributed by atoms with Crippen molar-refractivity contribution in [2.45, 2.75) is 78.0 Å². The highest BCUT2D eigenvalue weighted by Crippen LogP contribution is 2.38. The highest BCUT2D eigenvalue weighted by molar-refractivity contribution is 6.74. The molecule has 0 rings (SSSR count). The Labute approximate surface area is 119 Å². The van der Waals surface area contributed by atoms with Crippen LogP contribution in [0.15, 0.2) is 12.2 Å². The van der Waals surface area contributed by atoms with Gasteiger partial charge in [-0.1, -0.05) is 39.8 Å². The summed E-state index contributed by atoms with van der Waals surface area (Å²) in [5, 5.41) is 19.7. The van der Waals surface area contributed by atoms with Crippen LogP contribution in [0.1, 0.15) is 41.5 Å². The van der Waals surface area contributed by atoms with E-state index in [1.807, 2.05) is 26.0 Å². The molecule has 2 N–H and O–H groups in total. The van der Waals surface area contributed by atoms with Crippen molar-refractivity contribution in [1.82, 2.24) is 0 Å². The van der Waals surface area contributed by atoms with Gasteiger partial charge in [-0.3, -0.25) is 0 Å². The minimum Gasteiger partial charge on any atom is -0.410 e. The maximum Gasteiger partial charge on any atom is 0.192 e. The lowest BCUT2D eigenvalue weighted by molar-refractivity contribution is -0.0298. The summed E-state index contributed by atoms with van der Waals surface area (Å²) in [6, 6.07) is 0. The smallest absolute Gasteiger partial charge is 0.192 e. The molecule has 0 unspecified atom stereocenters. The Bertz CT molecular complexity index is 292. The summed E-state index contributed by atoms with van der Waals surface area (Å²) < 4.78 is 6.36. The van der Waals surface area contributed by atoms with Crippen LogP contribution in [0, 0.1) is 5.92 Å². The van der Waals surface area contributed by atoms with Gasteiger partial charge in [-0.25, -0.2) is 0 Å². The fourth-order valence-electron chi connectivity index (χ4n) is 1.66. The summed E-state index contributed by atoms with van der Waals surface area (Å²) in [5.74, 6) is -0.134. The molecule has 0 aromatic heterocycles. The maximum atomic E-state index is 10.0. The second kappa shape index (κ2) is 7.02. The Hall–Kier alpha value is -0.163. The third kappa shape index (κ3) is 5.38. The van der Waals surface area contributed by atoms with Gasteiger partial charge in [0.05, 0.1) is 18.3 Å². The van der Waals surface area contributed by atoms with Crippen molar-refractivity contribution in [3.63, 3.8) is 0 Å². The Morgan fingerprint density at radius 2 is 1.58 bits per heavy atom. The molecule has 0 radical (unpaired) electrons. The average Bonchev–Trinajstić information content (AvgIpc) is 2.24. The van der Waals surface area contributed by atoms with Gasteiger partial charge in [0.25, 0.3) is 0 Å². The van der Waals surface area contributed by atoms with Gasteiger partial charge in [0.2, 0.25) is 0 Å². The van der Waals surface area contributed by atoms with Crippen LogP contribution < -0.4 is 0 Å². The average molecular weight is 289 g/mol. The second-order valence-electron chi connectivity index (χ2n) is 6.96. The van der Waals surface area contributed by atoms with Gasteiger partial charge in [-0.05, 0) is 32.0 Å². The molecule has 0 saturated carbocycles. The lowest BCUT2D eigenvalue weighted by Gasteiger charge is -2.41. The minimum atomic E-state index is -1.89. The number of rotatable bonds is 6. The highest BCUT2D eigenvalue weighted by Gasteiger charge is 2.40. The van der Waals surface area contributed by atoms with Gasteiger partial charge in [0, 0.05) is 5.92 Å². The molecule has 3 nitrogen and oxygen atoms in total. The Kier molecular flexibility index (Phi) is 6.96. The van der Waals surface area contributed by atoms with E-state index in [0.29, 0.717) is 0 Å². The molecule has 0 aliphatic rings. The molecule has 4 heteroatoms. The molecule has 0 fully saturated rings. The molecule has 0 amide bonds. The monoisotopic (exact) mass is 288 g/mol. The molecular weight excluding hydrogens is 256 g/mol. The topological polar surface area (TPSA) is 49.7 Å². The zero-order valence-corrected chi connectivity index (χ0v) is 14.8. The summed E-state index contributed by atoms with van der Waals surface area (Å²) in [6.45, 7) is 16.5. The van der Waals surface area contributed by atoms with Crippen molar-refractivity contribution >= 4 is 8.32 Å². The van der Waals surface area contributed by atoms with Gasteiger partial charge < -0.3 is 14.6 Å². The van der Waals surface area contributed by atoms with Gasteiger partial charge in [-0.15, -0.1) is 0 Å². The van der Waals surface area contributed by atoms with Crippen LogP contribution in [0.5, 0.6) is 0 Å². The fraction of sp³-hybridized carbons (Fsp3) is 0.867. The largest absolute Gasteiger partial charge is 0.410 e. The standard InChI is InChI=1S/C15H32O3Si/c1-9-10-13(11(2)14(17)12(3)16)18-19(7,8)15(4,5)6/h9-14,16-17H,1-8H3/b10-9+/t11-,12+,13-,14-/m1/s1. The van der Waals surface area contributed by atoms with E-state index in [-0.39, 0.29) is 17.1 Å². The normalized spacial score (nSPS) is 20.3. The van der Waals surface area contributed by atoms with Crippen LogP contribution in [0.4, 0.5) is 0 Å². The zero-order chi connectivity index (χ0) is 15.4. The Balaban J connectivity index is 5.04. The fourth-order valence-corrected chi connectivity index (χ4v) is 2.99. The first kappa shape index (κ1) is 18.8. The first-order valence-corrected chi connectivity index (χ1v) is 10.0. The maximum absolute atomic E-state index is 10.0. The van der Waals surface area contributed by atoms with Crippen LogP contribution in [0.2, 0.25) is 18.1 Å². The molecule has 0 aliphatic heterocycles. The minimum absolute atomic E-state index is 0.127. The van der Waals surface area contributed by atoms with E-state index in [9.17, 15) is 10.2 Å². The van der Waals surface area contributed by atoms with Crippen LogP contribution in [-0.4, -0.2) is 36.8 Å². The van der Waals surface area contributed by atoms with Crippen molar-refractivity contribution in [3.05, 3.63) is 12.2 Å². The van der Waals surface area contributed by atoms with E-state index in [1.165, 1.54) is 0 Å². The van der Waals surface area contributed by atoms with Crippen molar-refractivity contribution in [2.24, 2.45) is 5.92 Å². The quantitative estimate of drug-likeness (QED) is 0.582. The van der Waals surface area contributed by atoms with Crippen LogP contribution >= 0.6 is 0 Å². The highest BCUT2D eigenvalue weighted by atomic mass is 28.4. The van der Waals surface area contributed by atoms with Crippen molar-refractivity contribution < 1.29 is 14.6 Å². The van der Waals surface area contributed by atoms with E-state index >= 15 is 0 Å². The number of aliphatic hydroxyl groups excluding tert-OH is 2. The summed E-state index contributed by atoms with van der Waals surface area (Å²) >= 11 is 0.